The van der Waals surface area contributed by atoms with E-state index in [0.29, 0.717) is 6.61 Å². The predicted octanol–water partition coefficient (Wildman–Crippen LogP) is 0.583. The molecule has 0 radical (unpaired) electrons. The molecular weight excluding hydrogens is 240 g/mol. The summed E-state index contributed by atoms with van der Waals surface area (Å²) in [6, 6.07) is 0. The molecule has 6 heteroatoms. The number of Topliss-reactive ketones (excluding diaryl/α,β-unsaturated/α-hetero) is 1. The van der Waals surface area contributed by atoms with Gasteiger partial charge in [0.05, 0.1) is 6.61 Å². The second-order valence-corrected chi connectivity index (χ2v) is 5.75. The molecule has 0 bridgehead atoms. The van der Waals surface area contributed by atoms with E-state index in [0.717, 1.165) is 0 Å². The molecule has 0 unspecified atom stereocenters. The molecule has 3 heterocycles. The van der Waals surface area contributed by atoms with Crippen molar-refractivity contribution in [3.63, 3.8) is 0 Å². The van der Waals surface area contributed by atoms with Crippen LogP contribution in [0.4, 0.5) is 0 Å². The summed E-state index contributed by atoms with van der Waals surface area (Å²) in [5, 5.41) is 0. The van der Waals surface area contributed by atoms with Crippen molar-refractivity contribution < 1.29 is 28.5 Å². The Morgan fingerprint density at radius 3 is 2.28 bits per heavy atom. The van der Waals surface area contributed by atoms with Crippen molar-refractivity contribution >= 4 is 5.78 Å². The van der Waals surface area contributed by atoms with Crippen LogP contribution in [0.1, 0.15) is 27.7 Å². The summed E-state index contributed by atoms with van der Waals surface area (Å²) in [7, 11) is 0. The molecule has 6 nitrogen and oxygen atoms in total. The van der Waals surface area contributed by atoms with Crippen LogP contribution in [0.2, 0.25) is 0 Å². The normalized spacial score (nSPS) is 45.4. The fourth-order valence-corrected chi connectivity index (χ4v) is 2.53. The third kappa shape index (κ3) is 1.98. The lowest BCUT2D eigenvalue weighted by atomic mass is 10.1. The van der Waals surface area contributed by atoms with Crippen LogP contribution in [-0.2, 0) is 28.5 Å². The van der Waals surface area contributed by atoms with Crippen LogP contribution >= 0.6 is 0 Å². The lowest BCUT2D eigenvalue weighted by Gasteiger charge is -2.23. The molecule has 3 aliphatic rings. The molecule has 0 aromatic heterocycles. The van der Waals surface area contributed by atoms with Crippen molar-refractivity contribution in [3.8, 4) is 0 Å². The second kappa shape index (κ2) is 3.74. The maximum Gasteiger partial charge on any atom is 0.198 e. The Hall–Kier alpha value is -0.530. The highest BCUT2D eigenvalue weighted by Crippen LogP contribution is 2.38. The van der Waals surface area contributed by atoms with E-state index >= 15 is 0 Å². The standard InChI is InChI=1S/C12H18O6/c1-11(2)14-5-6(16-11)8-7(13)9-10(15-8)18-12(3,4)17-9/h6,8-10H,5H2,1-4H3/t6-,8+,9-,10+/m0/s1. The summed E-state index contributed by atoms with van der Waals surface area (Å²) in [5.74, 6) is -1.58. The van der Waals surface area contributed by atoms with Crippen molar-refractivity contribution in [1.82, 2.24) is 0 Å². The predicted molar refractivity (Wildman–Crippen MR) is 58.6 cm³/mol. The number of hydrogen-bond donors (Lipinski definition) is 0. The van der Waals surface area contributed by atoms with Gasteiger partial charge in [0.25, 0.3) is 0 Å². The maximum absolute atomic E-state index is 12.2. The first-order valence-electron chi connectivity index (χ1n) is 6.14. The number of ether oxygens (including phenoxy) is 5. The summed E-state index contributed by atoms with van der Waals surface area (Å²) >= 11 is 0. The van der Waals surface area contributed by atoms with Crippen molar-refractivity contribution in [3.05, 3.63) is 0 Å². The summed E-state index contributed by atoms with van der Waals surface area (Å²) in [6.07, 6.45) is -2.35. The van der Waals surface area contributed by atoms with Crippen LogP contribution < -0.4 is 0 Å². The number of carbonyl (C=O) groups excluding carboxylic acids is 1. The SMILES string of the molecule is CC1(C)OC[C@@H]([C@H]2O[C@@H]3OC(C)(C)O[C@H]3C2=O)O1. The Labute approximate surface area is 105 Å². The van der Waals surface area contributed by atoms with Gasteiger partial charge in [0.15, 0.2) is 35.9 Å². The highest BCUT2D eigenvalue weighted by atomic mass is 16.8. The van der Waals surface area contributed by atoms with Gasteiger partial charge in [-0.05, 0) is 27.7 Å². The number of fused-ring (bicyclic) bond motifs is 1. The molecule has 4 atom stereocenters. The molecule has 0 amide bonds. The van der Waals surface area contributed by atoms with E-state index in [1.807, 2.05) is 13.8 Å². The summed E-state index contributed by atoms with van der Waals surface area (Å²) in [6.45, 7) is 7.48. The van der Waals surface area contributed by atoms with Gasteiger partial charge in [0.1, 0.15) is 6.10 Å². The first-order valence-corrected chi connectivity index (χ1v) is 6.14. The van der Waals surface area contributed by atoms with Crippen molar-refractivity contribution in [2.45, 2.75) is 63.9 Å². The average Bonchev–Trinajstić information content (AvgIpc) is 2.81. The highest BCUT2D eigenvalue weighted by Gasteiger charge is 2.57. The fourth-order valence-electron chi connectivity index (χ4n) is 2.53. The van der Waals surface area contributed by atoms with Gasteiger partial charge in [0, 0.05) is 0 Å². The van der Waals surface area contributed by atoms with E-state index < -0.39 is 36.2 Å². The molecule has 3 fully saturated rings. The summed E-state index contributed by atoms with van der Waals surface area (Å²) < 4.78 is 27.7. The van der Waals surface area contributed by atoms with Crippen LogP contribution in [0.15, 0.2) is 0 Å². The lowest BCUT2D eigenvalue weighted by molar-refractivity contribution is -0.219. The third-order valence-electron chi connectivity index (χ3n) is 3.27. The monoisotopic (exact) mass is 258 g/mol. The van der Waals surface area contributed by atoms with E-state index in [9.17, 15) is 4.79 Å². The Balaban J connectivity index is 1.70. The minimum absolute atomic E-state index is 0.128. The Morgan fingerprint density at radius 1 is 1.00 bits per heavy atom. The van der Waals surface area contributed by atoms with Crippen LogP contribution in [-0.4, -0.2) is 48.6 Å². The third-order valence-corrected chi connectivity index (χ3v) is 3.27. The summed E-state index contributed by atoms with van der Waals surface area (Å²) in [4.78, 5) is 12.2. The minimum Gasteiger partial charge on any atom is -0.348 e. The zero-order valence-corrected chi connectivity index (χ0v) is 11.0. The number of rotatable bonds is 1. The first-order chi connectivity index (χ1) is 8.27. The van der Waals surface area contributed by atoms with Gasteiger partial charge in [-0.15, -0.1) is 0 Å². The van der Waals surface area contributed by atoms with E-state index in [1.165, 1.54) is 0 Å². The Bertz CT molecular complexity index is 377. The molecule has 3 saturated heterocycles. The average molecular weight is 258 g/mol. The molecule has 0 aliphatic carbocycles. The number of hydrogen-bond acceptors (Lipinski definition) is 6. The van der Waals surface area contributed by atoms with E-state index in [1.54, 1.807) is 13.8 Å². The highest BCUT2D eigenvalue weighted by molar-refractivity contribution is 5.90. The zero-order valence-electron chi connectivity index (χ0n) is 11.0. The molecule has 102 valence electrons. The van der Waals surface area contributed by atoms with E-state index in [-0.39, 0.29) is 5.78 Å². The van der Waals surface area contributed by atoms with E-state index in [2.05, 4.69) is 0 Å². The van der Waals surface area contributed by atoms with Gasteiger partial charge in [-0.1, -0.05) is 0 Å². The molecule has 0 saturated carbocycles. The Morgan fingerprint density at radius 2 is 1.72 bits per heavy atom. The van der Waals surface area contributed by atoms with Gasteiger partial charge >= 0.3 is 0 Å². The summed E-state index contributed by atoms with van der Waals surface area (Å²) in [5.41, 5.74) is 0. The minimum atomic E-state index is -0.776. The van der Waals surface area contributed by atoms with Gasteiger partial charge in [-0.25, -0.2) is 0 Å². The van der Waals surface area contributed by atoms with Crippen LogP contribution in [0.25, 0.3) is 0 Å². The molecule has 0 aromatic rings. The largest absolute Gasteiger partial charge is 0.348 e. The van der Waals surface area contributed by atoms with Gasteiger partial charge in [-0.2, -0.15) is 0 Å². The second-order valence-electron chi connectivity index (χ2n) is 5.75. The maximum atomic E-state index is 12.2. The van der Waals surface area contributed by atoms with Crippen molar-refractivity contribution in [2.75, 3.05) is 6.61 Å². The molecular formula is C12H18O6. The smallest absolute Gasteiger partial charge is 0.198 e. The van der Waals surface area contributed by atoms with Gasteiger partial charge < -0.3 is 23.7 Å². The molecule has 3 aliphatic heterocycles. The fraction of sp³-hybridized carbons (Fsp3) is 0.917. The van der Waals surface area contributed by atoms with Crippen LogP contribution in [0.3, 0.4) is 0 Å². The molecule has 0 aromatic carbocycles. The molecule has 0 N–H and O–H groups in total. The quantitative estimate of drug-likeness (QED) is 0.685. The molecule has 18 heavy (non-hydrogen) atoms. The van der Waals surface area contributed by atoms with Gasteiger partial charge in [0.2, 0.25) is 0 Å². The van der Waals surface area contributed by atoms with E-state index in [4.69, 9.17) is 23.7 Å². The van der Waals surface area contributed by atoms with Crippen LogP contribution in [0.5, 0.6) is 0 Å². The molecule has 3 rings (SSSR count). The van der Waals surface area contributed by atoms with Gasteiger partial charge in [-0.3, -0.25) is 4.79 Å². The lowest BCUT2D eigenvalue weighted by Crippen LogP contribution is -2.39. The number of carbonyl (C=O) groups is 1. The number of ketones is 1. The Kier molecular flexibility index (Phi) is 2.60. The van der Waals surface area contributed by atoms with Crippen molar-refractivity contribution in [1.29, 1.82) is 0 Å². The zero-order chi connectivity index (χ0) is 13.1. The first kappa shape index (κ1) is 12.5. The topological polar surface area (TPSA) is 63.2 Å². The molecule has 0 spiro atoms. The van der Waals surface area contributed by atoms with Crippen molar-refractivity contribution in [2.24, 2.45) is 0 Å². The van der Waals surface area contributed by atoms with Crippen LogP contribution in [0, 0.1) is 0 Å².